The average Bonchev–Trinajstić information content (AvgIpc) is 2.61. The number of fused-ring (bicyclic) bond motifs is 1. The molecule has 2 aromatic rings. The second-order valence-electron chi connectivity index (χ2n) is 3.82. The summed E-state index contributed by atoms with van der Waals surface area (Å²) < 4.78 is 19.6. The molecule has 94 valence electrons. The van der Waals surface area contributed by atoms with Gasteiger partial charge in [0.25, 0.3) is 0 Å². The Hall–Kier alpha value is -2.17. The number of ether oxygens (including phenoxy) is 1. The van der Waals surface area contributed by atoms with Gasteiger partial charge in [0, 0.05) is 18.0 Å². The first-order valence-electron chi connectivity index (χ1n) is 5.50. The van der Waals surface area contributed by atoms with E-state index in [0.29, 0.717) is 17.2 Å². The van der Waals surface area contributed by atoms with Gasteiger partial charge in [-0.2, -0.15) is 0 Å². The van der Waals surface area contributed by atoms with Crippen LogP contribution >= 0.6 is 0 Å². The lowest BCUT2D eigenvalue weighted by Gasteiger charge is -2.04. The number of hydrogen-bond donors (Lipinski definition) is 0. The maximum absolute atomic E-state index is 13.2. The fourth-order valence-electron chi connectivity index (χ4n) is 2.01. The molecule has 0 fully saturated rings. The van der Waals surface area contributed by atoms with E-state index in [1.165, 1.54) is 22.8 Å². The molecule has 0 unspecified atom stereocenters. The van der Waals surface area contributed by atoms with Crippen molar-refractivity contribution < 1.29 is 18.7 Å². The van der Waals surface area contributed by atoms with E-state index in [4.69, 9.17) is 4.74 Å². The Labute approximate surface area is 103 Å². The number of carbonyl (C=O) groups excluding carboxylic acids is 2. The summed E-state index contributed by atoms with van der Waals surface area (Å²) in [6, 6.07) is 4.05. The van der Waals surface area contributed by atoms with Crippen LogP contribution in [-0.2, 0) is 11.8 Å². The summed E-state index contributed by atoms with van der Waals surface area (Å²) in [5.74, 6) is -1.04. The summed E-state index contributed by atoms with van der Waals surface area (Å²) in [5, 5.41) is 0.413. The van der Waals surface area contributed by atoms with E-state index in [-0.39, 0.29) is 17.9 Å². The number of nitrogens with zero attached hydrogens (tertiary/aromatic N) is 1. The zero-order chi connectivity index (χ0) is 13.3. The Kier molecular flexibility index (Phi) is 3.14. The van der Waals surface area contributed by atoms with Crippen molar-refractivity contribution in [2.45, 2.75) is 6.92 Å². The van der Waals surface area contributed by atoms with Crippen molar-refractivity contribution in [1.29, 1.82) is 0 Å². The molecule has 0 N–H and O–H groups in total. The molecule has 0 aliphatic rings. The lowest BCUT2D eigenvalue weighted by molar-refractivity contribution is 0.0513. The maximum Gasteiger partial charge on any atom is 0.355 e. The largest absolute Gasteiger partial charge is 0.461 e. The van der Waals surface area contributed by atoms with E-state index in [2.05, 4.69) is 0 Å². The van der Waals surface area contributed by atoms with Gasteiger partial charge in [-0.25, -0.2) is 9.18 Å². The van der Waals surface area contributed by atoms with Gasteiger partial charge in [0.2, 0.25) is 0 Å². The van der Waals surface area contributed by atoms with Crippen LogP contribution in [0.3, 0.4) is 0 Å². The molecule has 0 aliphatic carbocycles. The van der Waals surface area contributed by atoms with Crippen molar-refractivity contribution in [3.63, 3.8) is 0 Å². The maximum atomic E-state index is 13.2. The van der Waals surface area contributed by atoms with E-state index in [1.54, 1.807) is 14.0 Å². The van der Waals surface area contributed by atoms with Crippen LogP contribution in [0.5, 0.6) is 0 Å². The van der Waals surface area contributed by atoms with Crippen molar-refractivity contribution in [2.75, 3.05) is 6.61 Å². The summed E-state index contributed by atoms with van der Waals surface area (Å²) in [5.41, 5.74) is 0.916. The molecular formula is C13H12FNO3. The summed E-state index contributed by atoms with van der Waals surface area (Å²) in [6.07, 6.45) is 0.550. The van der Waals surface area contributed by atoms with Crippen LogP contribution in [0.15, 0.2) is 18.2 Å². The van der Waals surface area contributed by atoms with Crippen molar-refractivity contribution in [3.05, 3.63) is 35.3 Å². The minimum absolute atomic E-state index is 0.146. The summed E-state index contributed by atoms with van der Waals surface area (Å²) in [6.45, 7) is 1.90. The normalized spacial score (nSPS) is 10.6. The summed E-state index contributed by atoms with van der Waals surface area (Å²) >= 11 is 0. The Bertz CT molecular complexity index is 631. The van der Waals surface area contributed by atoms with E-state index in [9.17, 15) is 14.0 Å². The highest BCUT2D eigenvalue weighted by atomic mass is 19.1. The van der Waals surface area contributed by atoms with Crippen LogP contribution < -0.4 is 0 Å². The number of hydrogen-bond acceptors (Lipinski definition) is 3. The van der Waals surface area contributed by atoms with Gasteiger partial charge in [-0.1, -0.05) is 0 Å². The third-order valence-corrected chi connectivity index (χ3v) is 2.79. The van der Waals surface area contributed by atoms with Crippen molar-refractivity contribution in [3.8, 4) is 0 Å². The molecule has 0 spiro atoms. The number of rotatable bonds is 3. The van der Waals surface area contributed by atoms with Crippen molar-refractivity contribution >= 4 is 23.2 Å². The van der Waals surface area contributed by atoms with Gasteiger partial charge in [-0.05, 0) is 25.1 Å². The van der Waals surface area contributed by atoms with Gasteiger partial charge in [0.05, 0.1) is 12.2 Å². The van der Waals surface area contributed by atoms with E-state index >= 15 is 0 Å². The molecule has 0 atom stereocenters. The summed E-state index contributed by atoms with van der Waals surface area (Å²) in [4.78, 5) is 22.9. The van der Waals surface area contributed by atoms with Crippen LogP contribution in [-0.4, -0.2) is 23.4 Å². The van der Waals surface area contributed by atoms with Crippen LogP contribution in [0, 0.1) is 5.82 Å². The molecule has 0 saturated carbocycles. The minimum Gasteiger partial charge on any atom is -0.461 e. The molecule has 0 aliphatic heterocycles. The zero-order valence-electron chi connectivity index (χ0n) is 10.1. The quantitative estimate of drug-likeness (QED) is 0.619. The lowest BCUT2D eigenvalue weighted by atomic mass is 10.1. The topological polar surface area (TPSA) is 48.3 Å². The standard InChI is InChI=1S/C13H12FNO3/c1-3-18-13(17)12-10(7-16)9-6-8(14)4-5-11(9)15(12)2/h4-7H,3H2,1-2H3. The Morgan fingerprint density at radius 3 is 2.83 bits per heavy atom. The van der Waals surface area contributed by atoms with Crippen LogP contribution in [0.2, 0.25) is 0 Å². The third kappa shape index (κ3) is 1.77. The van der Waals surface area contributed by atoms with E-state index in [0.717, 1.165) is 0 Å². The highest BCUT2D eigenvalue weighted by Gasteiger charge is 2.21. The first kappa shape index (κ1) is 12.3. The molecule has 18 heavy (non-hydrogen) atoms. The van der Waals surface area contributed by atoms with Gasteiger partial charge in [-0.15, -0.1) is 0 Å². The molecule has 5 heteroatoms. The third-order valence-electron chi connectivity index (χ3n) is 2.79. The fourth-order valence-corrected chi connectivity index (χ4v) is 2.01. The van der Waals surface area contributed by atoms with Crippen LogP contribution in [0.4, 0.5) is 4.39 Å². The molecule has 0 radical (unpaired) electrons. The van der Waals surface area contributed by atoms with Gasteiger partial charge in [-0.3, -0.25) is 4.79 Å². The molecule has 1 aromatic carbocycles. The molecular weight excluding hydrogens is 237 g/mol. The molecule has 2 rings (SSSR count). The van der Waals surface area contributed by atoms with E-state index in [1.807, 2.05) is 0 Å². The predicted molar refractivity (Wildman–Crippen MR) is 64.2 cm³/mol. The predicted octanol–water partition coefficient (Wildman–Crippen LogP) is 2.31. The van der Waals surface area contributed by atoms with Gasteiger partial charge >= 0.3 is 5.97 Å². The first-order valence-corrected chi connectivity index (χ1v) is 5.50. The van der Waals surface area contributed by atoms with E-state index < -0.39 is 11.8 Å². The molecule has 1 heterocycles. The van der Waals surface area contributed by atoms with Gasteiger partial charge < -0.3 is 9.30 Å². The lowest BCUT2D eigenvalue weighted by Crippen LogP contribution is -2.11. The number of esters is 1. The molecule has 0 amide bonds. The Morgan fingerprint density at radius 2 is 2.22 bits per heavy atom. The van der Waals surface area contributed by atoms with Crippen molar-refractivity contribution in [1.82, 2.24) is 4.57 Å². The number of halogens is 1. The number of carbonyl (C=O) groups is 2. The SMILES string of the molecule is CCOC(=O)c1c(C=O)c2cc(F)ccc2n1C. The highest BCUT2D eigenvalue weighted by Crippen LogP contribution is 2.25. The number of benzene rings is 1. The van der Waals surface area contributed by atoms with Crippen molar-refractivity contribution in [2.24, 2.45) is 7.05 Å². The molecule has 1 aromatic heterocycles. The van der Waals surface area contributed by atoms with Crippen LogP contribution in [0.25, 0.3) is 10.9 Å². The van der Waals surface area contributed by atoms with Crippen LogP contribution in [0.1, 0.15) is 27.8 Å². The number of aldehydes is 1. The number of aromatic nitrogens is 1. The molecule has 4 nitrogen and oxygen atoms in total. The average molecular weight is 249 g/mol. The summed E-state index contributed by atoms with van der Waals surface area (Å²) in [7, 11) is 1.64. The Balaban J connectivity index is 2.76. The zero-order valence-corrected chi connectivity index (χ0v) is 10.1. The second kappa shape index (κ2) is 4.60. The number of aryl methyl sites for hydroxylation is 1. The Morgan fingerprint density at radius 1 is 1.50 bits per heavy atom. The molecule has 0 bridgehead atoms. The highest BCUT2D eigenvalue weighted by molar-refractivity contribution is 6.08. The second-order valence-corrected chi connectivity index (χ2v) is 3.82. The first-order chi connectivity index (χ1) is 8.60. The fraction of sp³-hybridized carbons (Fsp3) is 0.231. The molecule has 0 saturated heterocycles. The monoisotopic (exact) mass is 249 g/mol. The van der Waals surface area contributed by atoms with Gasteiger partial charge in [0.15, 0.2) is 6.29 Å². The minimum atomic E-state index is -0.585. The van der Waals surface area contributed by atoms with Gasteiger partial charge in [0.1, 0.15) is 11.5 Å². The smallest absolute Gasteiger partial charge is 0.355 e.